The van der Waals surface area contributed by atoms with Crippen LogP contribution >= 0.6 is 22.9 Å². The molecule has 1 aliphatic rings. The number of nitrogens with zero attached hydrogens (tertiary/aromatic N) is 3. The van der Waals surface area contributed by atoms with Gasteiger partial charge in [0.15, 0.2) is 0 Å². The Hall–Kier alpha value is -1.42. The lowest BCUT2D eigenvalue weighted by atomic mass is 10.1. The molecule has 26 heavy (non-hydrogen) atoms. The fraction of sp³-hybridized carbons (Fsp3) is 0.500. The quantitative estimate of drug-likeness (QED) is 0.698. The van der Waals surface area contributed by atoms with E-state index in [0.29, 0.717) is 16.0 Å². The third-order valence-electron chi connectivity index (χ3n) is 3.94. The van der Waals surface area contributed by atoms with Gasteiger partial charge in [-0.3, -0.25) is 0 Å². The predicted molar refractivity (Wildman–Crippen MR) is 103 cm³/mol. The van der Waals surface area contributed by atoms with E-state index < -0.39 is 10.0 Å². The Bertz CT molecular complexity index is 851. The summed E-state index contributed by atoms with van der Waals surface area (Å²) in [5.41, 5.74) is 0. The van der Waals surface area contributed by atoms with Gasteiger partial charge in [0.05, 0.1) is 4.34 Å². The number of hydrogen-bond donors (Lipinski definition) is 1. The van der Waals surface area contributed by atoms with Crippen molar-refractivity contribution in [3.63, 3.8) is 0 Å². The summed E-state index contributed by atoms with van der Waals surface area (Å²) in [6.07, 6.45) is 3.57. The second kappa shape index (κ2) is 8.51. The van der Waals surface area contributed by atoms with Crippen LogP contribution in [0.5, 0.6) is 5.88 Å². The minimum absolute atomic E-state index is 0.139. The maximum atomic E-state index is 12.1. The lowest BCUT2D eigenvalue weighted by Crippen LogP contribution is -2.30. The summed E-state index contributed by atoms with van der Waals surface area (Å²) in [6, 6.07) is 4.85. The molecule has 0 atom stereocenters. The van der Waals surface area contributed by atoms with E-state index in [4.69, 9.17) is 16.3 Å². The van der Waals surface area contributed by atoms with Crippen LogP contribution in [0.2, 0.25) is 4.34 Å². The Morgan fingerprint density at radius 3 is 2.73 bits per heavy atom. The van der Waals surface area contributed by atoms with Crippen molar-refractivity contribution < 1.29 is 13.2 Å². The molecule has 0 aliphatic carbocycles. The predicted octanol–water partition coefficient (Wildman–Crippen LogP) is 2.85. The van der Waals surface area contributed by atoms with Crippen LogP contribution in [0.25, 0.3) is 0 Å². The molecule has 0 unspecified atom stereocenters. The molecule has 3 heterocycles. The van der Waals surface area contributed by atoms with Crippen LogP contribution in [-0.2, 0) is 10.0 Å². The van der Waals surface area contributed by atoms with E-state index in [2.05, 4.69) is 19.6 Å². The van der Waals surface area contributed by atoms with Crippen LogP contribution in [0, 0.1) is 6.92 Å². The van der Waals surface area contributed by atoms with Crippen molar-refractivity contribution in [3.8, 4) is 5.88 Å². The van der Waals surface area contributed by atoms with Crippen LogP contribution in [-0.4, -0.2) is 44.6 Å². The van der Waals surface area contributed by atoms with Gasteiger partial charge < -0.3 is 9.64 Å². The highest BCUT2D eigenvalue weighted by Gasteiger charge is 2.17. The molecular weight excluding hydrogens is 396 g/mol. The number of sulfonamides is 1. The molecule has 1 N–H and O–H groups in total. The Morgan fingerprint density at radius 1 is 1.27 bits per heavy atom. The molecule has 10 heteroatoms. The minimum atomic E-state index is -3.56. The third-order valence-corrected chi connectivity index (χ3v) is 7.12. The molecule has 1 saturated heterocycles. The maximum Gasteiger partial charge on any atom is 0.250 e. The lowest BCUT2D eigenvalue weighted by Gasteiger charge is -2.28. The topological polar surface area (TPSA) is 84.4 Å². The van der Waals surface area contributed by atoms with Gasteiger partial charge in [0.1, 0.15) is 22.5 Å². The van der Waals surface area contributed by atoms with Crippen molar-refractivity contribution in [1.29, 1.82) is 0 Å². The highest BCUT2D eigenvalue weighted by atomic mass is 35.5. The van der Waals surface area contributed by atoms with E-state index >= 15 is 0 Å². The van der Waals surface area contributed by atoms with E-state index in [0.717, 1.165) is 43.1 Å². The molecular formula is C16H21ClN4O3S2. The normalized spacial score (nSPS) is 15.2. The van der Waals surface area contributed by atoms with Gasteiger partial charge in [0, 0.05) is 25.7 Å². The van der Waals surface area contributed by atoms with Gasteiger partial charge in [-0.1, -0.05) is 11.6 Å². The number of aryl methyl sites for hydroxylation is 1. The molecule has 0 amide bonds. The zero-order chi connectivity index (χ0) is 18.6. The Labute approximate surface area is 162 Å². The zero-order valence-corrected chi connectivity index (χ0v) is 16.8. The summed E-state index contributed by atoms with van der Waals surface area (Å²) >= 11 is 6.80. The number of rotatable bonds is 7. The van der Waals surface area contributed by atoms with Gasteiger partial charge in [-0.15, -0.1) is 11.3 Å². The van der Waals surface area contributed by atoms with Crippen LogP contribution in [0.1, 0.15) is 25.1 Å². The van der Waals surface area contributed by atoms with Gasteiger partial charge in [-0.05, 0) is 38.3 Å². The molecule has 0 aromatic carbocycles. The average molecular weight is 417 g/mol. The monoisotopic (exact) mass is 416 g/mol. The molecule has 7 nitrogen and oxygen atoms in total. The highest BCUT2D eigenvalue weighted by Crippen LogP contribution is 2.25. The number of thiophene rings is 1. The summed E-state index contributed by atoms with van der Waals surface area (Å²) in [5, 5.41) is 0. The first kappa shape index (κ1) is 19.3. The minimum Gasteiger partial charge on any atom is -0.476 e. The second-order valence-electron chi connectivity index (χ2n) is 5.96. The summed E-state index contributed by atoms with van der Waals surface area (Å²) in [5.74, 6) is 1.95. The third kappa shape index (κ3) is 5.06. The molecule has 2 aromatic rings. The Balaban J connectivity index is 1.55. The zero-order valence-electron chi connectivity index (χ0n) is 14.4. The van der Waals surface area contributed by atoms with E-state index in [1.807, 2.05) is 13.0 Å². The first-order valence-electron chi connectivity index (χ1n) is 8.42. The number of nitrogens with one attached hydrogen (secondary N) is 1. The van der Waals surface area contributed by atoms with Crippen molar-refractivity contribution in [2.75, 3.05) is 31.1 Å². The maximum absolute atomic E-state index is 12.1. The Kier molecular flexibility index (Phi) is 6.33. The first-order valence-corrected chi connectivity index (χ1v) is 11.1. The van der Waals surface area contributed by atoms with Crippen molar-refractivity contribution in [3.05, 3.63) is 28.4 Å². The summed E-state index contributed by atoms with van der Waals surface area (Å²) < 4.78 is 33.0. The van der Waals surface area contributed by atoms with E-state index in [1.54, 1.807) is 6.07 Å². The number of piperidine rings is 1. The van der Waals surface area contributed by atoms with Crippen LogP contribution < -0.4 is 14.4 Å². The summed E-state index contributed by atoms with van der Waals surface area (Å²) in [7, 11) is -3.56. The first-order chi connectivity index (χ1) is 12.4. The second-order valence-corrected chi connectivity index (χ2v) is 9.67. The van der Waals surface area contributed by atoms with Crippen molar-refractivity contribution in [2.24, 2.45) is 0 Å². The number of aromatic nitrogens is 2. The van der Waals surface area contributed by atoms with Crippen LogP contribution in [0.15, 0.2) is 22.4 Å². The van der Waals surface area contributed by atoms with Crippen LogP contribution in [0.3, 0.4) is 0 Å². The SMILES string of the molecule is Cc1nc(OCCNS(=O)(=O)c2ccc(Cl)s2)cc(N2CCCCC2)n1. The van der Waals surface area contributed by atoms with Gasteiger partial charge in [-0.2, -0.15) is 4.98 Å². The summed E-state index contributed by atoms with van der Waals surface area (Å²) in [4.78, 5) is 11.0. The van der Waals surface area contributed by atoms with Crippen LogP contribution in [0.4, 0.5) is 5.82 Å². The molecule has 1 aliphatic heterocycles. The number of ether oxygens (including phenoxy) is 1. The fourth-order valence-corrected chi connectivity index (χ4v) is 5.27. The van der Waals surface area contributed by atoms with E-state index in [1.165, 1.54) is 12.5 Å². The summed E-state index contributed by atoms with van der Waals surface area (Å²) in [6.45, 7) is 4.11. The molecule has 0 spiro atoms. The molecule has 3 rings (SSSR count). The standard InChI is InChI=1S/C16H21ClN4O3S2/c1-12-19-14(21-8-3-2-4-9-21)11-15(20-12)24-10-7-18-26(22,23)16-6-5-13(17)25-16/h5-6,11,18H,2-4,7-10H2,1H3. The molecule has 1 fully saturated rings. The number of halogens is 1. The van der Waals surface area contributed by atoms with E-state index in [-0.39, 0.29) is 17.4 Å². The van der Waals surface area contributed by atoms with Gasteiger partial charge in [0.25, 0.3) is 0 Å². The molecule has 0 radical (unpaired) electrons. The lowest BCUT2D eigenvalue weighted by molar-refractivity contribution is 0.309. The smallest absolute Gasteiger partial charge is 0.250 e. The number of hydrogen-bond acceptors (Lipinski definition) is 7. The van der Waals surface area contributed by atoms with E-state index in [9.17, 15) is 8.42 Å². The highest BCUT2D eigenvalue weighted by molar-refractivity contribution is 7.91. The van der Waals surface area contributed by atoms with Gasteiger partial charge >= 0.3 is 0 Å². The van der Waals surface area contributed by atoms with Crippen molar-refractivity contribution in [2.45, 2.75) is 30.4 Å². The average Bonchev–Trinajstić information content (AvgIpc) is 3.07. The Morgan fingerprint density at radius 2 is 2.04 bits per heavy atom. The number of anilines is 1. The fourth-order valence-electron chi connectivity index (χ4n) is 2.73. The largest absolute Gasteiger partial charge is 0.476 e. The van der Waals surface area contributed by atoms with Crippen molar-refractivity contribution >= 4 is 38.8 Å². The molecule has 2 aromatic heterocycles. The van der Waals surface area contributed by atoms with Gasteiger partial charge in [-0.25, -0.2) is 18.1 Å². The van der Waals surface area contributed by atoms with Gasteiger partial charge in [0.2, 0.25) is 15.9 Å². The molecule has 142 valence electrons. The molecule has 0 bridgehead atoms. The molecule has 0 saturated carbocycles. The van der Waals surface area contributed by atoms with Crippen molar-refractivity contribution in [1.82, 2.24) is 14.7 Å².